The maximum atomic E-state index is 13.6. The fraction of sp³-hybridized carbons (Fsp3) is 0.217. The molecule has 0 aliphatic rings. The van der Waals surface area contributed by atoms with E-state index >= 15 is 0 Å². The molecule has 6 heteroatoms. The number of ether oxygens (including phenoxy) is 2. The maximum Gasteiger partial charge on any atom is 0.259 e. The lowest BCUT2D eigenvalue weighted by Crippen LogP contribution is -2.37. The summed E-state index contributed by atoms with van der Waals surface area (Å²) in [6.07, 6.45) is 2.62. The molecule has 0 saturated carbocycles. The average molecular weight is 392 g/mol. The number of aldehydes is 1. The van der Waals surface area contributed by atoms with E-state index in [0.717, 1.165) is 11.8 Å². The molecule has 0 radical (unpaired) electrons. The molecular weight excluding hydrogens is 368 g/mol. The molecule has 0 aliphatic heterocycles. The van der Waals surface area contributed by atoms with Crippen LogP contribution in [0.1, 0.15) is 27.7 Å². The van der Waals surface area contributed by atoms with Crippen molar-refractivity contribution in [2.24, 2.45) is 7.05 Å². The summed E-state index contributed by atoms with van der Waals surface area (Å²) < 4.78 is 12.6. The second-order valence-corrected chi connectivity index (χ2v) is 6.69. The first kappa shape index (κ1) is 20.2. The first-order valence-corrected chi connectivity index (χ1v) is 9.19. The monoisotopic (exact) mass is 392 g/mol. The fourth-order valence-electron chi connectivity index (χ4n) is 3.32. The molecule has 29 heavy (non-hydrogen) atoms. The van der Waals surface area contributed by atoms with Crippen LogP contribution in [-0.2, 0) is 11.8 Å². The van der Waals surface area contributed by atoms with Crippen LogP contribution >= 0.6 is 0 Å². The van der Waals surface area contributed by atoms with E-state index in [1.807, 2.05) is 55.1 Å². The fourth-order valence-corrected chi connectivity index (χ4v) is 3.32. The van der Waals surface area contributed by atoms with Crippen LogP contribution in [-0.4, -0.2) is 31.0 Å². The van der Waals surface area contributed by atoms with E-state index in [1.165, 1.54) is 4.90 Å². The summed E-state index contributed by atoms with van der Waals surface area (Å²) in [5, 5.41) is 0. The predicted octanol–water partition coefficient (Wildman–Crippen LogP) is 3.94. The standard InChI is InChI=1S/C23H24N2O4/c1-16-8-5-6-9-20(16)23(27)25(22(15-26)21-10-7-11-24(21)2)17-12-18(28-3)14-19(13-17)29-4/h5-15,22H,1-4H3. The summed E-state index contributed by atoms with van der Waals surface area (Å²) in [6.45, 7) is 1.87. The van der Waals surface area contributed by atoms with Gasteiger partial charge in [-0.05, 0) is 30.7 Å². The van der Waals surface area contributed by atoms with Crippen LogP contribution < -0.4 is 14.4 Å². The Bertz CT molecular complexity index is 1000. The lowest BCUT2D eigenvalue weighted by molar-refractivity contribution is -0.109. The summed E-state index contributed by atoms with van der Waals surface area (Å²) in [7, 11) is 4.93. The number of aromatic nitrogens is 1. The number of rotatable bonds is 7. The van der Waals surface area contributed by atoms with Gasteiger partial charge >= 0.3 is 0 Å². The molecule has 1 heterocycles. The number of carbonyl (C=O) groups is 2. The van der Waals surface area contributed by atoms with Crippen molar-refractivity contribution in [3.05, 3.63) is 77.6 Å². The van der Waals surface area contributed by atoms with Gasteiger partial charge in [-0.25, -0.2) is 0 Å². The quantitative estimate of drug-likeness (QED) is 0.572. The van der Waals surface area contributed by atoms with Gasteiger partial charge in [-0.3, -0.25) is 9.69 Å². The molecule has 1 unspecified atom stereocenters. The van der Waals surface area contributed by atoms with Gasteiger partial charge in [0.15, 0.2) is 0 Å². The van der Waals surface area contributed by atoms with E-state index < -0.39 is 6.04 Å². The highest BCUT2D eigenvalue weighted by molar-refractivity contribution is 6.09. The van der Waals surface area contributed by atoms with E-state index in [-0.39, 0.29) is 5.91 Å². The molecule has 150 valence electrons. The van der Waals surface area contributed by atoms with Gasteiger partial charge in [-0.15, -0.1) is 0 Å². The molecule has 1 amide bonds. The largest absolute Gasteiger partial charge is 0.497 e. The zero-order valence-corrected chi connectivity index (χ0v) is 17.0. The molecule has 0 bridgehead atoms. The Morgan fingerprint density at radius 2 is 1.69 bits per heavy atom. The Balaban J connectivity index is 2.22. The highest BCUT2D eigenvalue weighted by Crippen LogP contribution is 2.34. The van der Waals surface area contributed by atoms with Crippen molar-refractivity contribution in [3.63, 3.8) is 0 Å². The zero-order valence-electron chi connectivity index (χ0n) is 17.0. The van der Waals surface area contributed by atoms with E-state index in [1.54, 1.807) is 38.5 Å². The zero-order chi connectivity index (χ0) is 21.0. The van der Waals surface area contributed by atoms with Crippen molar-refractivity contribution in [3.8, 4) is 11.5 Å². The Morgan fingerprint density at radius 3 is 2.21 bits per heavy atom. The normalized spacial score (nSPS) is 11.6. The topological polar surface area (TPSA) is 60.8 Å². The SMILES string of the molecule is COc1cc(OC)cc(N(C(=O)c2ccccc2C)C(C=O)c2cccn2C)c1. The number of nitrogens with zero attached hydrogens (tertiary/aromatic N) is 2. The molecule has 3 aromatic rings. The van der Waals surface area contributed by atoms with Crippen molar-refractivity contribution in [1.29, 1.82) is 0 Å². The van der Waals surface area contributed by atoms with Gasteiger partial charge in [0, 0.05) is 42.7 Å². The van der Waals surface area contributed by atoms with Crippen LogP contribution in [0.2, 0.25) is 0 Å². The molecule has 0 spiro atoms. The first-order valence-electron chi connectivity index (χ1n) is 9.19. The number of benzene rings is 2. The maximum absolute atomic E-state index is 13.6. The smallest absolute Gasteiger partial charge is 0.259 e. The van der Waals surface area contributed by atoms with Crippen molar-refractivity contribution < 1.29 is 19.1 Å². The van der Waals surface area contributed by atoms with Gasteiger partial charge < -0.3 is 18.8 Å². The van der Waals surface area contributed by atoms with Crippen LogP contribution in [0.25, 0.3) is 0 Å². The Hall–Kier alpha value is -3.54. The second kappa shape index (κ2) is 8.65. The van der Waals surface area contributed by atoms with Gasteiger partial charge in [-0.2, -0.15) is 0 Å². The molecular formula is C23H24N2O4. The van der Waals surface area contributed by atoms with Crippen molar-refractivity contribution in [2.45, 2.75) is 13.0 Å². The molecule has 2 aromatic carbocycles. The van der Waals surface area contributed by atoms with Crippen LogP contribution in [0.4, 0.5) is 5.69 Å². The highest BCUT2D eigenvalue weighted by Gasteiger charge is 2.30. The van der Waals surface area contributed by atoms with E-state index in [0.29, 0.717) is 28.4 Å². The summed E-state index contributed by atoms with van der Waals surface area (Å²) in [5.41, 5.74) is 2.56. The van der Waals surface area contributed by atoms with Crippen LogP contribution in [0, 0.1) is 6.92 Å². The van der Waals surface area contributed by atoms with Gasteiger partial charge in [0.25, 0.3) is 5.91 Å². The third-order valence-electron chi connectivity index (χ3n) is 4.90. The average Bonchev–Trinajstić information content (AvgIpc) is 3.16. The molecule has 1 atom stereocenters. The van der Waals surface area contributed by atoms with Crippen LogP contribution in [0.15, 0.2) is 60.8 Å². The minimum atomic E-state index is -0.820. The number of hydrogen-bond acceptors (Lipinski definition) is 4. The van der Waals surface area contributed by atoms with E-state index in [2.05, 4.69) is 0 Å². The molecule has 0 fully saturated rings. The van der Waals surface area contributed by atoms with Gasteiger partial charge in [-0.1, -0.05) is 18.2 Å². The lowest BCUT2D eigenvalue weighted by Gasteiger charge is -2.30. The molecule has 6 nitrogen and oxygen atoms in total. The summed E-state index contributed by atoms with van der Waals surface area (Å²) >= 11 is 0. The number of methoxy groups -OCH3 is 2. The van der Waals surface area contributed by atoms with Crippen molar-refractivity contribution >= 4 is 17.9 Å². The van der Waals surface area contributed by atoms with Gasteiger partial charge in [0.2, 0.25) is 0 Å². The summed E-state index contributed by atoms with van der Waals surface area (Å²) in [6, 6.07) is 15.3. The van der Waals surface area contributed by atoms with E-state index in [9.17, 15) is 9.59 Å². The van der Waals surface area contributed by atoms with Gasteiger partial charge in [0.1, 0.15) is 23.8 Å². The lowest BCUT2D eigenvalue weighted by atomic mass is 10.0. The second-order valence-electron chi connectivity index (χ2n) is 6.69. The molecule has 3 rings (SSSR count). The molecule has 0 saturated heterocycles. The number of aryl methyl sites for hydroxylation is 2. The first-order chi connectivity index (χ1) is 14.0. The summed E-state index contributed by atoms with van der Waals surface area (Å²) in [5.74, 6) is 0.772. The Morgan fingerprint density at radius 1 is 1.03 bits per heavy atom. The van der Waals surface area contributed by atoms with Crippen LogP contribution in [0.5, 0.6) is 11.5 Å². The Labute approximate surface area is 170 Å². The Kier molecular flexibility index (Phi) is 6.02. The van der Waals surface area contributed by atoms with Crippen molar-refractivity contribution in [1.82, 2.24) is 4.57 Å². The molecule has 1 aromatic heterocycles. The van der Waals surface area contributed by atoms with Crippen molar-refractivity contribution in [2.75, 3.05) is 19.1 Å². The predicted molar refractivity (Wildman–Crippen MR) is 112 cm³/mol. The number of anilines is 1. The minimum absolute atomic E-state index is 0.281. The minimum Gasteiger partial charge on any atom is -0.497 e. The van der Waals surface area contributed by atoms with Gasteiger partial charge in [0.05, 0.1) is 19.9 Å². The molecule has 0 N–H and O–H groups in total. The third-order valence-corrected chi connectivity index (χ3v) is 4.90. The van der Waals surface area contributed by atoms with E-state index in [4.69, 9.17) is 9.47 Å². The third kappa shape index (κ3) is 4.01. The summed E-state index contributed by atoms with van der Waals surface area (Å²) in [4.78, 5) is 27.4. The highest BCUT2D eigenvalue weighted by atomic mass is 16.5. The number of amides is 1. The molecule has 0 aliphatic carbocycles. The number of hydrogen-bond donors (Lipinski definition) is 0. The van der Waals surface area contributed by atoms with Crippen LogP contribution in [0.3, 0.4) is 0 Å². The number of carbonyl (C=O) groups excluding carboxylic acids is 2.